The summed E-state index contributed by atoms with van der Waals surface area (Å²) in [6, 6.07) is 68.8. The summed E-state index contributed by atoms with van der Waals surface area (Å²) in [5, 5.41) is 2.52. The van der Waals surface area contributed by atoms with E-state index in [1.807, 2.05) is 23.5 Å². The van der Waals surface area contributed by atoms with E-state index in [1.54, 1.807) is 0 Å². The maximum atomic E-state index is 2.41. The highest BCUT2D eigenvalue weighted by atomic mass is 32.2. The van der Waals surface area contributed by atoms with Gasteiger partial charge in [0.05, 0.1) is 11.0 Å². The van der Waals surface area contributed by atoms with Gasteiger partial charge in [0.2, 0.25) is 0 Å². The summed E-state index contributed by atoms with van der Waals surface area (Å²) in [5.74, 6) is 0. The zero-order valence-electron chi connectivity index (χ0n) is 27.7. The zero-order chi connectivity index (χ0) is 33.7. The summed E-state index contributed by atoms with van der Waals surface area (Å²) in [7, 11) is 0. The Morgan fingerprint density at radius 3 is 1.47 bits per heavy atom. The lowest BCUT2D eigenvalue weighted by molar-refractivity contribution is 1.18. The Hall–Kier alpha value is -5.74. The van der Waals surface area contributed by atoms with Crippen molar-refractivity contribution in [2.24, 2.45) is 0 Å². The average molecular weight is 686 g/mol. The molecule has 9 aromatic rings. The molecule has 0 unspecified atom stereocenters. The molecule has 1 aliphatic rings. The maximum Gasteiger partial charge on any atom is 0.0547 e. The van der Waals surface area contributed by atoms with E-state index in [-0.39, 0.29) is 0 Å². The molecule has 0 saturated carbocycles. The highest BCUT2D eigenvalue weighted by Gasteiger charge is 2.25. The van der Waals surface area contributed by atoms with Crippen molar-refractivity contribution < 1.29 is 0 Å². The summed E-state index contributed by atoms with van der Waals surface area (Å²) in [6.07, 6.45) is 0. The Morgan fingerprint density at radius 2 is 0.804 bits per heavy atom. The number of para-hydroxylation sites is 2. The number of hydrogen-bond acceptors (Lipinski definition) is 2. The fraction of sp³-hybridized carbons (Fsp3) is 0. The molecule has 240 valence electrons. The third-order valence-electron chi connectivity index (χ3n) is 9.89. The standard InChI is InChI=1S/C48H31NS2/c1-3-15-32(16-4-1)35-22-13-27-45-47(35)48-36(23-14-28-46(48)51-44-26-12-9-21-40(44)39-20-8-11-25-43(39)50-45)33-29-30-38-37-19-7-10-24-41(37)49(42(38)31-33)34-17-5-2-6-18-34/h1-31H. The summed E-state index contributed by atoms with van der Waals surface area (Å²) >= 11 is 3.74. The van der Waals surface area contributed by atoms with Crippen molar-refractivity contribution in [2.75, 3.05) is 0 Å². The van der Waals surface area contributed by atoms with Gasteiger partial charge in [-0.15, -0.1) is 0 Å². The Morgan fingerprint density at radius 1 is 0.314 bits per heavy atom. The van der Waals surface area contributed by atoms with Crippen LogP contribution in [0.2, 0.25) is 0 Å². The molecule has 3 heteroatoms. The smallest absolute Gasteiger partial charge is 0.0547 e. The number of hydrogen-bond donors (Lipinski definition) is 0. The fourth-order valence-corrected chi connectivity index (χ4v) is 9.90. The van der Waals surface area contributed by atoms with Crippen LogP contribution in [0, 0.1) is 0 Å². The van der Waals surface area contributed by atoms with Crippen LogP contribution in [0.5, 0.6) is 0 Å². The second kappa shape index (κ2) is 12.5. The lowest BCUT2D eigenvalue weighted by Gasteiger charge is -2.24. The number of rotatable bonds is 3. The second-order valence-electron chi connectivity index (χ2n) is 12.8. The Labute approximate surface area is 306 Å². The Bertz CT molecular complexity index is 2740. The molecule has 0 saturated heterocycles. The monoisotopic (exact) mass is 685 g/mol. The fourth-order valence-electron chi connectivity index (χ4n) is 7.63. The van der Waals surface area contributed by atoms with E-state index in [2.05, 4.69) is 193 Å². The minimum Gasteiger partial charge on any atom is -0.309 e. The summed E-state index contributed by atoms with van der Waals surface area (Å²) in [4.78, 5) is 5.00. The van der Waals surface area contributed by atoms with Gasteiger partial charge >= 0.3 is 0 Å². The number of nitrogens with zero attached hydrogens (tertiary/aromatic N) is 1. The molecule has 0 amide bonds. The molecule has 1 nitrogen and oxygen atoms in total. The molecule has 0 radical (unpaired) electrons. The minimum atomic E-state index is 1.16. The molecule has 1 aromatic heterocycles. The predicted molar refractivity (Wildman–Crippen MR) is 217 cm³/mol. The Kier molecular flexibility index (Phi) is 7.41. The van der Waals surface area contributed by atoms with Crippen LogP contribution < -0.4 is 0 Å². The molecule has 0 atom stereocenters. The van der Waals surface area contributed by atoms with Gasteiger partial charge < -0.3 is 4.57 Å². The van der Waals surface area contributed by atoms with Gasteiger partial charge in [0, 0.05) is 47.2 Å². The second-order valence-corrected chi connectivity index (χ2v) is 15.0. The van der Waals surface area contributed by atoms with E-state index in [9.17, 15) is 0 Å². The quantitative estimate of drug-likeness (QED) is 0.182. The highest BCUT2D eigenvalue weighted by molar-refractivity contribution is 8.00. The van der Waals surface area contributed by atoms with Gasteiger partial charge in [-0.1, -0.05) is 163 Å². The van der Waals surface area contributed by atoms with E-state index < -0.39 is 0 Å². The Balaban J connectivity index is 1.30. The van der Waals surface area contributed by atoms with Crippen molar-refractivity contribution >= 4 is 45.3 Å². The van der Waals surface area contributed by atoms with Crippen LogP contribution in [0.25, 0.3) is 72.0 Å². The number of benzene rings is 8. The first kappa shape index (κ1) is 30.1. The summed E-state index contributed by atoms with van der Waals surface area (Å²) in [5.41, 5.74) is 13.5. The van der Waals surface area contributed by atoms with Gasteiger partial charge in [-0.05, 0) is 81.9 Å². The maximum absolute atomic E-state index is 2.41. The lowest BCUT2D eigenvalue weighted by atomic mass is 9.89. The van der Waals surface area contributed by atoms with Crippen molar-refractivity contribution in [3.8, 4) is 50.2 Å². The van der Waals surface area contributed by atoms with Gasteiger partial charge in [0.25, 0.3) is 0 Å². The van der Waals surface area contributed by atoms with Crippen LogP contribution in [0.3, 0.4) is 0 Å². The molecule has 0 bridgehead atoms. The topological polar surface area (TPSA) is 4.93 Å². The molecule has 2 heterocycles. The number of aromatic nitrogens is 1. The minimum absolute atomic E-state index is 1.16. The molecule has 0 N–H and O–H groups in total. The van der Waals surface area contributed by atoms with Crippen molar-refractivity contribution in [2.45, 2.75) is 19.6 Å². The van der Waals surface area contributed by atoms with Gasteiger partial charge in [-0.2, -0.15) is 0 Å². The van der Waals surface area contributed by atoms with E-state index in [1.165, 1.54) is 85.9 Å². The van der Waals surface area contributed by atoms with Crippen LogP contribution in [0.15, 0.2) is 208 Å². The molecule has 10 rings (SSSR count). The molecular formula is C48H31NS2. The van der Waals surface area contributed by atoms with E-state index in [0.29, 0.717) is 0 Å². The van der Waals surface area contributed by atoms with Crippen LogP contribution >= 0.6 is 23.5 Å². The largest absolute Gasteiger partial charge is 0.309 e. The van der Waals surface area contributed by atoms with Gasteiger partial charge in [0.1, 0.15) is 0 Å². The first-order valence-electron chi connectivity index (χ1n) is 17.3. The van der Waals surface area contributed by atoms with E-state index in [0.717, 1.165) is 5.69 Å². The molecule has 51 heavy (non-hydrogen) atoms. The number of fused-ring (bicyclic) bond motifs is 9. The molecule has 8 aromatic carbocycles. The lowest BCUT2D eigenvalue weighted by Crippen LogP contribution is -1.97. The van der Waals surface area contributed by atoms with Gasteiger partial charge in [-0.25, -0.2) is 0 Å². The van der Waals surface area contributed by atoms with E-state index >= 15 is 0 Å². The predicted octanol–water partition coefficient (Wildman–Crippen LogP) is 14.1. The molecule has 0 spiro atoms. The van der Waals surface area contributed by atoms with Gasteiger partial charge in [-0.3, -0.25) is 0 Å². The summed E-state index contributed by atoms with van der Waals surface area (Å²) < 4.78 is 2.41. The third-order valence-corrected chi connectivity index (χ3v) is 12.2. The summed E-state index contributed by atoms with van der Waals surface area (Å²) in [6.45, 7) is 0. The SMILES string of the molecule is c1ccc(-c2cccc3c2-c2c(cccc2-c2ccc4c5ccccc5n(-c5ccccc5)c4c2)Sc2ccccc2-c2ccccc2S3)cc1. The molecule has 0 aliphatic carbocycles. The first-order chi connectivity index (χ1) is 25.3. The van der Waals surface area contributed by atoms with Crippen LogP contribution in [0.4, 0.5) is 0 Å². The zero-order valence-corrected chi connectivity index (χ0v) is 29.3. The first-order valence-corrected chi connectivity index (χ1v) is 18.9. The van der Waals surface area contributed by atoms with Crippen LogP contribution in [-0.2, 0) is 0 Å². The van der Waals surface area contributed by atoms with Gasteiger partial charge in [0.15, 0.2) is 0 Å². The highest BCUT2D eigenvalue weighted by Crippen LogP contribution is 2.53. The van der Waals surface area contributed by atoms with Crippen LogP contribution in [0.1, 0.15) is 0 Å². The third kappa shape index (κ3) is 5.12. The van der Waals surface area contributed by atoms with Crippen molar-refractivity contribution in [1.82, 2.24) is 4.57 Å². The van der Waals surface area contributed by atoms with Crippen molar-refractivity contribution in [1.29, 1.82) is 0 Å². The molecule has 0 fully saturated rings. The van der Waals surface area contributed by atoms with Crippen LogP contribution in [-0.4, -0.2) is 4.57 Å². The van der Waals surface area contributed by atoms with Crippen molar-refractivity contribution in [3.05, 3.63) is 188 Å². The van der Waals surface area contributed by atoms with E-state index in [4.69, 9.17) is 0 Å². The average Bonchev–Trinajstić information content (AvgIpc) is 3.53. The molecule has 1 aliphatic heterocycles. The normalized spacial score (nSPS) is 12.2. The van der Waals surface area contributed by atoms with Crippen molar-refractivity contribution in [3.63, 3.8) is 0 Å². The molecular weight excluding hydrogens is 655 g/mol.